The van der Waals surface area contributed by atoms with E-state index < -0.39 is 15.9 Å². The summed E-state index contributed by atoms with van der Waals surface area (Å²) in [6.07, 6.45) is 1.05. The van der Waals surface area contributed by atoms with Crippen molar-refractivity contribution in [2.45, 2.75) is 11.1 Å². The Balaban J connectivity index is 1.90. The average Bonchev–Trinajstić information content (AvgIpc) is 2.62. The fourth-order valence-electron chi connectivity index (χ4n) is 2.21. The van der Waals surface area contributed by atoms with Crippen LogP contribution in [0.2, 0.25) is 0 Å². The van der Waals surface area contributed by atoms with Crippen LogP contribution in [0.25, 0.3) is 0 Å². The highest BCUT2D eigenvalue weighted by molar-refractivity contribution is 7.90. The first-order valence-electron chi connectivity index (χ1n) is 5.95. The van der Waals surface area contributed by atoms with Gasteiger partial charge in [-0.05, 0) is 12.1 Å². The second-order valence-electron chi connectivity index (χ2n) is 4.39. The maximum absolute atomic E-state index is 12.2. The topological polar surface area (TPSA) is 88.6 Å². The minimum atomic E-state index is -3.83. The standard InChI is InChI=1S/C11H13N3O4S/c15-11-9-2-1-3-13-10(9)19(16,17)14(11)7-8-6-12-4-5-18-8/h1-3,8,12H,4-7H2. The number of nitrogens with zero attached hydrogens (tertiary/aromatic N) is 2. The molecule has 0 aliphatic carbocycles. The molecule has 102 valence electrons. The first kappa shape index (κ1) is 12.5. The third-order valence-electron chi connectivity index (χ3n) is 3.14. The lowest BCUT2D eigenvalue weighted by Gasteiger charge is -2.26. The van der Waals surface area contributed by atoms with Gasteiger partial charge in [0.25, 0.3) is 15.9 Å². The lowest BCUT2D eigenvalue weighted by atomic mass is 10.2. The number of hydrogen-bond acceptors (Lipinski definition) is 6. The maximum atomic E-state index is 12.2. The van der Waals surface area contributed by atoms with Crippen LogP contribution >= 0.6 is 0 Å². The summed E-state index contributed by atoms with van der Waals surface area (Å²) in [4.78, 5) is 15.9. The highest BCUT2D eigenvalue weighted by atomic mass is 32.2. The zero-order valence-corrected chi connectivity index (χ0v) is 10.9. The first-order chi connectivity index (χ1) is 9.10. The third kappa shape index (κ3) is 2.01. The van der Waals surface area contributed by atoms with Gasteiger partial charge in [0.15, 0.2) is 5.03 Å². The summed E-state index contributed by atoms with van der Waals surface area (Å²) >= 11 is 0. The van der Waals surface area contributed by atoms with E-state index in [1.54, 1.807) is 6.07 Å². The molecule has 0 aromatic carbocycles. The molecule has 2 aliphatic heterocycles. The van der Waals surface area contributed by atoms with Gasteiger partial charge in [0.05, 0.1) is 24.8 Å². The fourth-order valence-corrected chi connectivity index (χ4v) is 3.73. The van der Waals surface area contributed by atoms with Crippen molar-refractivity contribution >= 4 is 15.9 Å². The molecule has 0 radical (unpaired) electrons. The van der Waals surface area contributed by atoms with E-state index >= 15 is 0 Å². The second-order valence-corrected chi connectivity index (χ2v) is 6.17. The number of carbonyl (C=O) groups excluding carboxylic acids is 1. The number of morpholine rings is 1. The minimum Gasteiger partial charge on any atom is -0.374 e. The van der Waals surface area contributed by atoms with Crippen molar-refractivity contribution in [3.8, 4) is 0 Å². The normalized spacial score (nSPS) is 25.4. The molecular weight excluding hydrogens is 270 g/mol. The molecule has 1 saturated heterocycles. The monoisotopic (exact) mass is 283 g/mol. The van der Waals surface area contributed by atoms with Crippen LogP contribution in [0.5, 0.6) is 0 Å². The van der Waals surface area contributed by atoms with E-state index in [0.717, 1.165) is 10.8 Å². The number of fused-ring (bicyclic) bond motifs is 1. The van der Waals surface area contributed by atoms with Crippen LogP contribution in [-0.2, 0) is 14.8 Å². The van der Waals surface area contributed by atoms with Crippen molar-refractivity contribution in [2.24, 2.45) is 0 Å². The van der Waals surface area contributed by atoms with E-state index in [2.05, 4.69) is 10.3 Å². The molecule has 2 aliphatic rings. The van der Waals surface area contributed by atoms with Crippen LogP contribution < -0.4 is 5.32 Å². The Bertz CT molecular complexity index is 610. The first-order valence-corrected chi connectivity index (χ1v) is 7.39. The summed E-state index contributed by atoms with van der Waals surface area (Å²) in [5.41, 5.74) is 0.131. The van der Waals surface area contributed by atoms with Crippen LogP contribution in [0.4, 0.5) is 0 Å². The molecule has 8 heteroatoms. The number of sulfonamides is 1. The van der Waals surface area contributed by atoms with Crippen LogP contribution in [0.1, 0.15) is 10.4 Å². The summed E-state index contributed by atoms with van der Waals surface area (Å²) < 4.78 is 30.8. The van der Waals surface area contributed by atoms with Gasteiger partial charge in [0, 0.05) is 19.3 Å². The molecule has 0 bridgehead atoms. The molecule has 3 heterocycles. The van der Waals surface area contributed by atoms with Crippen molar-refractivity contribution in [1.82, 2.24) is 14.6 Å². The van der Waals surface area contributed by atoms with Crippen molar-refractivity contribution in [3.05, 3.63) is 23.9 Å². The van der Waals surface area contributed by atoms with Gasteiger partial charge in [0.2, 0.25) is 0 Å². The van der Waals surface area contributed by atoms with Gasteiger partial charge in [-0.1, -0.05) is 0 Å². The highest BCUT2D eigenvalue weighted by Crippen LogP contribution is 2.28. The molecule has 0 saturated carbocycles. The predicted molar refractivity (Wildman–Crippen MR) is 65.1 cm³/mol. The van der Waals surface area contributed by atoms with Crippen LogP contribution in [0.3, 0.4) is 0 Å². The van der Waals surface area contributed by atoms with Gasteiger partial charge in [-0.15, -0.1) is 0 Å². The number of hydrogen-bond donors (Lipinski definition) is 1. The van der Waals surface area contributed by atoms with Gasteiger partial charge in [0.1, 0.15) is 0 Å². The predicted octanol–water partition coefficient (Wildman–Crippen LogP) is -0.786. The van der Waals surface area contributed by atoms with Crippen molar-refractivity contribution in [3.63, 3.8) is 0 Å². The number of rotatable bonds is 2. The number of carbonyl (C=O) groups is 1. The smallest absolute Gasteiger partial charge is 0.285 e. The van der Waals surface area contributed by atoms with Gasteiger partial charge in [-0.25, -0.2) is 9.29 Å². The molecule has 1 N–H and O–H groups in total. The second kappa shape index (κ2) is 4.55. The fraction of sp³-hybridized carbons (Fsp3) is 0.455. The van der Waals surface area contributed by atoms with Gasteiger partial charge < -0.3 is 10.1 Å². The van der Waals surface area contributed by atoms with E-state index in [1.807, 2.05) is 0 Å². The number of nitrogens with one attached hydrogen (secondary N) is 1. The molecule has 1 fully saturated rings. The lowest BCUT2D eigenvalue weighted by Crippen LogP contribution is -2.46. The summed E-state index contributed by atoms with van der Waals surface area (Å²) in [6.45, 7) is 1.80. The molecule has 1 aromatic rings. The number of aromatic nitrogens is 1. The molecule has 3 rings (SSSR count). The number of ether oxygens (including phenoxy) is 1. The minimum absolute atomic E-state index is 0.0184. The quantitative estimate of drug-likeness (QED) is 0.765. The van der Waals surface area contributed by atoms with Gasteiger partial charge >= 0.3 is 0 Å². The van der Waals surface area contributed by atoms with Crippen molar-refractivity contribution in [1.29, 1.82) is 0 Å². The van der Waals surface area contributed by atoms with E-state index in [-0.39, 0.29) is 23.2 Å². The Morgan fingerprint density at radius 1 is 1.53 bits per heavy atom. The van der Waals surface area contributed by atoms with Gasteiger partial charge in [-0.2, -0.15) is 8.42 Å². The Hall–Kier alpha value is -1.51. The number of pyridine rings is 1. The van der Waals surface area contributed by atoms with E-state index in [1.165, 1.54) is 12.3 Å². The summed E-state index contributed by atoms with van der Waals surface area (Å²) in [5.74, 6) is -0.530. The molecule has 1 unspecified atom stereocenters. The van der Waals surface area contributed by atoms with Crippen LogP contribution in [-0.4, -0.2) is 56.0 Å². The van der Waals surface area contributed by atoms with Crippen LogP contribution in [0, 0.1) is 0 Å². The third-order valence-corrected chi connectivity index (χ3v) is 4.85. The Kier molecular flexibility index (Phi) is 3.00. The molecule has 0 spiro atoms. The van der Waals surface area contributed by atoms with Crippen molar-refractivity contribution < 1.29 is 17.9 Å². The lowest BCUT2D eigenvalue weighted by molar-refractivity contribution is 0.0182. The van der Waals surface area contributed by atoms with Crippen molar-refractivity contribution in [2.75, 3.05) is 26.2 Å². The van der Waals surface area contributed by atoms with E-state index in [9.17, 15) is 13.2 Å². The largest absolute Gasteiger partial charge is 0.374 e. The molecule has 7 nitrogen and oxygen atoms in total. The Morgan fingerprint density at radius 2 is 2.37 bits per heavy atom. The van der Waals surface area contributed by atoms with E-state index in [0.29, 0.717) is 13.2 Å². The summed E-state index contributed by atoms with van der Waals surface area (Å²) in [6, 6.07) is 3.02. The molecule has 1 atom stereocenters. The SMILES string of the molecule is O=C1c2cccnc2S(=O)(=O)N1CC1CNCCO1. The average molecular weight is 283 g/mol. The molecule has 19 heavy (non-hydrogen) atoms. The maximum Gasteiger partial charge on any atom is 0.285 e. The molecular formula is C11H13N3O4S. The number of amides is 1. The highest BCUT2D eigenvalue weighted by Gasteiger charge is 2.43. The van der Waals surface area contributed by atoms with Gasteiger partial charge in [-0.3, -0.25) is 4.79 Å². The molecule has 1 aromatic heterocycles. The Labute approximate surface area is 110 Å². The Morgan fingerprint density at radius 3 is 3.05 bits per heavy atom. The zero-order chi connectivity index (χ0) is 13.5. The van der Waals surface area contributed by atoms with Crippen LogP contribution in [0.15, 0.2) is 23.4 Å². The van der Waals surface area contributed by atoms with E-state index in [4.69, 9.17) is 4.74 Å². The zero-order valence-electron chi connectivity index (χ0n) is 10.1. The molecule has 1 amide bonds. The summed E-state index contributed by atoms with van der Waals surface area (Å²) in [5, 5.41) is 2.94. The summed E-state index contributed by atoms with van der Waals surface area (Å²) in [7, 11) is -3.83.